The number of thiazole rings is 2. The first-order valence-corrected chi connectivity index (χ1v) is 23.8. The number of benzene rings is 3. The fourth-order valence-corrected chi connectivity index (χ4v) is 11.1. The molecule has 61 heavy (non-hydrogen) atoms. The number of halogens is 3. The van der Waals surface area contributed by atoms with Crippen LogP contribution in [-0.4, -0.2) is 96.9 Å². The van der Waals surface area contributed by atoms with Gasteiger partial charge in [-0.1, -0.05) is 41.7 Å². The van der Waals surface area contributed by atoms with Gasteiger partial charge < -0.3 is 15.0 Å². The van der Waals surface area contributed by atoms with Crippen molar-refractivity contribution >= 4 is 82.1 Å². The lowest BCUT2D eigenvalue weighted by Gasteiger charge is -2.29. The van der Waals surface area contributed by atoms with E-state index in [4.69, 9.17) is 4.74 Å². The van der Waals surface area contributed by atoms with Gasteiger partial charge in [-0.3, -0.25) is 24.8 Å². The molecule has 2 aliphatic rings. The zero-order valence-corrected chi connectivity index (χ0v) is 35.8. The number of fused-ring (bicyclic) bond motifs is 2. The van der Waals surface area contributed by atoms with Crippen LogP contribution in [0.15, 0.2) is 100 Å². The quantitative estimate of drug-likeness (QED) is 0.0762. The first kappa shape index (κ1) is 42.8. The van der Waals surface area contributed by atoms with Gasteiger partial charge in [-0.05, 0) is 66.4 Å². The molecule has 5 heterocycles. The van der Waals surface area contributed by atoms with E-state index >= 15 is 0 Å². The van der Waals surface area contributed by atoms with Crippen molar-refractivity contribution in [3.05, 3.63) is 119 Å². The summed E-state index contributed by atoms with van der Waals surface area (Å²) in [4.78, 5) is 44.4. The van der Waals surface area contributed by atoms with Crippen LogP contribution in [0.2, 0.25) is 0 Å². The topological polar surface area (TPSA) is 147 Å². The second-order valence-electron chi connectivity index (χ2n) is 14.5. The summed E-state index contributed by atoms with van der Waals surface area (Å²) >= 11 is 4.01. The molecule has 8 rings (SSSR count). The third-order valence-electron chi connectivity index (χ3n) is 10.4. The van der Waals surface area contributed by atoms with E-state index in [2.05, 4.69) is 30.5 Å². The zero-order chi connectivity index (χ0) is 42.6. The Labute approximate surface area is 362 Å². The number of rotatable bonds is 15. The molecule has 0 radical (unpaired) electrons. The van der Waals surface area contributed by atoms with Crippen LogP contribution < -0.4 is 15.5 Å². The smallest absolute Gasteiger partial charge is 0.381 e. The summed E-state index contributed by atoms with van der Waals surface area (Å²) in [5.41, 5.74) is 1.44. The number of sulfone groups is 1. The molecule has 3 aromatic heterocycles. The summed E-state index contributed by atoms with van der Waals surface area (Å²) in [7, 11) is -4.51. The first-order valence-electron chi connectivity index (χ1n) is 19.4. The third-order valence-corrected chi connectivity index (χ3v) is 15.0. The molecule has 0 aliphatic carbocycles. The molecular weight excluding hydrogens is 868 g/mol. The van der Waals surface area contributed by atoms with Crippen molar-refractivity contribution in [3.8, 4) is 0 Å². The molecule has 6 aromatic rings. The normalized spacial score (nSPS) is 15.4. The number of morpholine rings is 1. The lowest BCUT2D eigenvalue weighted by atomic mass is 9.94. The number of ether oxygens (including phenoxy) is 1. The maximum atomic E-state index is 14.6. The van der Waals surface area contributed by atoms with Crippen LogP contribution in [-0.2, 0) is 33.7 Å². The summed E-state index contributed by atoms with van der Waals surface area (Å²) in [5, 5.41) is 8.30. The maximum Gasteiger partial charge on any atom is 0.418 e. The molecule has 0 unspecified atom stereocenters. The summed E-state index contributed by atoms with van der Waals surface area (Å²) in [6.07, 6.45) is -0.461. The van der Waals surface area contributed by atoms with Gasteiger partial charge in [0.15, 0.2) is 25.9 Å². The zero-order valence-electron chi connectivity index (χ0n) is 32.6. The molecule has 2 aliphatic heterocycles. The van der Waals surface area contributed by atoms with Gasteiger partial charge in [0.25, 0.3) is 5.91 Å². The number of hydrogen-bond acceptors (Lipinski definition) is 14. The Kier molecular flexibility index (Phi) is 13.0. The van der Waals surface area contributed by atoms with Crippen LogP contribution in [0.3, 0.4) is 0 Å². The molecule has 19 heteroatoms. The van der Waals surface area contributed by atoms with Gasteiger partial charge in [0.05, 0.1) is 34.6 Å². The highest BCUT2D eigenvalue weighted by atomic mass is 32.2. The van der Waals surface area contributed by atoms with E-state index in [0.29, 0.717) is 78.9 Å². The number of anilines is 3. The maximum absolute atomic E-state index is 14.6. The molecule has 1 amide bonds. The van der Waals surface area contributed by atoms with Crippen molar-refractivity contribution < 1.29 is 35.9 Å². The van der Waals surface area contributed by atoms with E-state index in [0.717, 1.165) is 57.3 Å². The summed E-state index contributed by atoms with van der Waals surface area (Å²) in [5.74, 6) is -1.76. The largest absolute Gasteiger partial charge is 0.418 e. The number of carbonyl (C=O) groups excluding carboxylic acids is 2. The van der Waals surface area contributed by atoms with Crippen LogP contribution in [0, 0.1) is 0 Å². The van der Waals surface area contributed by atoms with Gasteiger partial charge in [0.2, 0.25) is 0 Å². The summed E-state index contributed by atoms with van der Waals surface area (Å²) < 4.78 is 77.4. The fraction of sp³-hybridized carbons (Fsp3) is 0.310. The number of aromatic nitrogens is 3. The highest BCUT2D eigenvalue weighted by Crippen LogP contribution is 2.38. The second-order valence-corrected chi connectivity index (χ2v) is 19.5. The van der Waals surface area contributed by atoms with Crippen LogP contribution >= 0.6 is 34.4 Å². The van der Waals surface area contributed by atoms with Gasteiger partial charge in [0.1, 0.15) is 17.0 Å². The Morgan fingerprint density at radius 3 is 2.59 bits per heavy atom. The van der Waals surface area contributed by atoms with Gasteiger partial charge >= 0.3 is 6.18 Å². The number of nitrogens with one attached hydrogen (secondary N) is 2. The molecule has 3 aromatic carbocycles. The van der Waals surface area contributed by atoms with Crippen molar-refractivity contribution in [3.63, 3.8) is 0 Å². The van der Waals surface area contributed by atoms with E-state index in [9.17, 15) is 31.2 Å². The van der Waals surface area contributed by atoms with Crippen molar-refractivity contribution in [2.75, 3.05) is 66.4 Å². The van der Waals surface area contributed by atoms with Crippen molar-refractivity contribution in [2.24, 2.45) is 0 Å². The Bertz CT molecular complexity index is 2600. The van der Waals surface area contributed by atoms with E-state index in [-0.39, 0.29) is 23.3 Å². The van der Waals surface area contributed by atoms with E-state index in [1.165, 1.54) is 28.5 Å². The van der Waals surface area contributed by atoms with Crippen LogP contribution in [0.1, 0.15) is 44.0 Å². The number of nitrogens with zero attached hydrogens (tertiary/aromatic N) is 5. The highest BCUT2D eigenvalue weighted by molar-refractivity contribution is 7.99. The number of hydrogen-bond donors (Lipinski definition) is 2. The number of amides is 1. The van der Waals surface area contributed by atoms with E-state index < -0.39 is 38.0 Å². The third kappa shape index (κ3) is 10.4. The summed E-state index contributed by atoms with van der Waals surface area (Å²) in [6, 6.07) is 19.4. The molecule has 0 spiro atoms. The minimum atomic E-state index is -4.89. The minimum Gasteiger partial charge on any atom is -0.381 e. The minimum absolute atomic E-state index is 0.112. The average Bonchev–Trinajstić information content (AvgIpc) is 3.92. The number of Topliss-reactive ketones (excluding diaryl/α,β-unsaturated/α-hetero) is 1. The lowest BCUT2D eigenvalue weighted by Crippen LogP contribution is -2.39. The van der Waals surface area contributed by atoms with Gasteiger partial charge in [-0.2, -0.15) is 13.2 Å². The molecule has 2 N–H and O–H groups in total. The number of pyridine rings is 1. The molecule has 0 bridgehead atoms. The highest BCUT2D eigenvalue weighted by Gasteiger charge is 2.36. The number of carbonyl (C=O) groups is 2. The first-order chi connectivity index (χ1) is 29.4. The number of thioether (sulfide) groups is 1. The Hall–Kier alpha value is -4.92. The molecule has 12 nitrogen and oxygen atoms in total. The predicted molar refractivity (Wildman–Crippen MR) is 233 cm³/mol. The van der Waals surface area contributed by atoms with Crippen molar-refractivity contribution in [2.45, 2.75) is 41.4 Å². The molecule has 1 fully saturated rings. The predicted octanol–water partition coefficient (Wildman–Crippen LogP) is 7.93. The van der Waals surface area contributed by atoms with Crippen LogP contribution in [0.5, 0.6) is 0 Å². The fourth-order valence-electron chi connectivity index (χ4n) is 7.19. The van der Waals surface area contributed by atoms with Gasteiger partial charge in [-0.25, -0.2) is 18.4 Å². The van der Waals surface area contributed by atoms with E-state index in [1.807, 2.05) is 53.4 Å². The van der Waals surface area contributed by atoms with Crippen LogP contribution in [0.4, 0.5) is 29.1 Å². The molecule has 0 saturated carbocycles. The molecular formula is C42H40F3N7O5S4. The van der Waals surface area contributed by atoms with Gasteiger partial charge in [-0.15, -0.1) is 23.1 Å². The molecule has 1 saturated heterocycles. The Morgan fingerprint density at radius 1 is 0.984 bits per heavy atom. The Balaban J connectivity index is 0.947. The number of alkyl halides is 3. The van der Waals surface area contributed by atoms with Crippen molar-refractivity contribution in [1.29, 1.82) is 0 Å². The van der Waals surface area contributed by atoms with E-state index in [1.54, 1.807) is 18.5 Å². The summed E-state index contributed by atoms with van der Waals surface area (Å²) in [6.45, 7) is 4.15. The van der Waals surface area contributed by atoms with Crippen molar-refractivity contribution in [1.82, 2.24) is 19.9 Å². The lowest BCUT2D eigenvalue weighted by molar-refractivity contribution is -0.137. The average molecular weight is 908 g/mol. The monoisotopic (exact) mass is 907 g/mol. The van der Waals surface area contributed by atoms with Gasteiger partial charge in [0, 0.05) is 72.2 Å². The Morgan fingerprint density at radius 2 is 1.80 bits per heavy atom. The standard InChI is InChI=1S/C42H40F3N7O5S4/c43-42(44,45)33-21-30(9-10-34(33)47-28(13-15-51-17-19-57-20-18-51)24-58-29-6-2-1-3-7-29)61(55,56)26-37(53)36-25-59-41(49-36)52-16-12-27-5-4-8-31(32(27)23-52)39(54)50-40-48-35-22-46-14-11-38(35)60-40/h1-11,14,21-22,25,28,47H,12-13,15-20,23-24,26H2,(H,48,50,54)/t28-/m1/s1. The second kappa shape index (κ2) is 18.6. The van der Waals surface area contributed by atoms with Crippen LogP contribution in [0.25, 0.3) is 10.2 Å². The molecule has 1 atom stereocenters. The SMILES string of the molecule is O=C(CS(=O)(=O)c1ccc(N[C@H](CCN2CCOCC2)CSc2ccccc2)c(C(F)(F)F)c1)c1csc(N2CCc3cccc(C(=O)Nc4nc5cnccc5s4)c3C2)n1. The molecule has 318 valence electrons. The number of ketones is 1.